The van der Waals surface area contributed by atoms with Crippen molar-refractivity contribution in [2.75, 3.05) is 18.8 Å². The Labute approximate surface area is 92.7 Å². The van der Waals surface area contributed by atoms with Crippen LogP contribution in [-0.2, 0) is 10.0 Å². The summed E-state index contributed by atoms with van der Waals surface area (Å²) in [5, 5.41) is 8.21. The molecule has 1 fully saturated rings. The summed E-state index contributed by atoms with van der Waals surface area (Å²) in [6.45, 7) is 1.79. The number of hydrogen-bond acceptors (Lipinski definition) is 3. The summed E-state index contributed by atoms with van der Waals surface area (Å²) in [6.07, 6.45) is 7.34. The van der Waals surface area contributed by atoms with Gasteiger partial charge in [0.2, 0.25) is 10.0 Å². The zero-order valence-corrected chi connectivity index (χ0v) is 10.1. The maximum atomic E-state index is 10.6. The van der Waals surface area contributed by atoms with Crippen LogP contribution in [0.3, 0.4) is 0 Å². The van der Waals surface area contributed by atoms with Crippen LogP contribution in [0.15, 0.2) is 0 Å². The molecule has 4 nitrogen and oxygen atoms in total. The van der Waals surface area contributed by atoms with Gasteiger partial charge >= 0.3 is 0 Å². The topological polar surface area (TPSA) is 72.2 Å². The summed E-state index contributed by atoms with van der Waals surface area (Å²) in [5.41, 5.74) is 0. The van der Waals surface area contributed by atoms with E-state index >= 15 is 0 Å². The Bertz CT molecular complexity index is 259. The van der Waals surface area contributed by atoms with Crippen LogP contribution in [0.5, 0.6) is 0 Å². The predicted octanol–water partition coefficient (Wildman–Crippen LogP) is 0.835. The Morgan fingerprint density at radius 1 is 1.20 bits per heavy atom. The fraction of sp³-hybridized carbons (Fsp3) is 1.00. The quantitative estimate of drug-likeness (QED) is 0.669. The molecule has 0 aromatic carbocycles. The summed E-state index contributed by atoms with van der Waals surface area (Å²) in [5.74, 6) is 0.887. The van der Waals surface area contributed by atoms with Gasteiger partial charge in [0.1, 0.15) is 0 Å². The average molecular weight is 234 g/mol. The van der Waals surface area contributed by atoms with Crippen LogP contribution in [0.2, 0.25) is 0 Å². The van der Waals surface area contributed by atoms with Crippen LogP contribution < -0.4 is 10.5 Å². The second-order valence-corrected chi connectivity index (χ2v) is 6.16. The fourth-order valence-corrected chi connectivity index (χ4v) is 2.64. The number of rotatable bonds is 6. The maximum absolute atomic E-state index is 10.6. The number of nitrogens with one attached hydrogen (secondary N) is 1. The molecule has 1 saturated carbocycles. The first-order chi connectivity index (χ1) is 7.08. The smallest absolute Gasteiger partial charge is 0.209 e. The van der Waals surface area contributed by atoms with Crippen LogP contribution in [0.4, 0.5) is 0 Å². The van der Waals surface area contributed by atoms with E-state index in [9.17, 15) is 8.42 Å². The zero-order valence-electron chi connectivity index (χ0n) is 9.24. The van der Waals surface area contributed by atoms with Crippen molar-refractivity contribution in [3.63, 3.8) is 0 Å². The van der Waals surface area contributed by atoms with E-state index in [-0.39, 0.29) is 5.75 Å². The highest BCUT2D eigenvalue weighted by Crippen LogP contribution is 2.22. The summed E-state index contributed by atoms with van der Waals surface area (Å²) < 4.78 is 21.3. The SMILES string of the molecule is NS(=O)(=O)CCCNCC1CCCCC1. The Morgan fingerprint density at radius 3 is 2.47 bits per heavy atom. The summed E-state index contributed by atoms with van der Waals surface area (Å²) in [7, 11) is -3.27. The van der Waals surface area contributed by atoms with E-state index < -0.39 is 10.0 Å². The van der Waals surface area contributed by atoms with Crippen LogP contribution in [0.25, 0.3) is 0 Å². The second kappa shape index (κ2) is 6.45. The molecule has 0 radical (unpaired) electrons. The lowest BCUT2D eigenvalue weighted by Gasteiger charge is -2.21. The number of primary sulfonamides is 1. The van der Waals surface area contributed by atoms with Gasteiger partial charge in [-0.1, -0.05) is 19.3 Å². The molecule has 0 atom stereocenters. The third-order valence-corrected chi connectivity index (χ3v) is 3.80. The zero-order chi connectivity index (χ0) is 11.1. The fourth-order valence-electron chi connectivity index (χ4n) is 2.10. The van der Waals surface area contributed by atoms with Gasteiger partial charge in [0.25, 0.3) is 0 Å². The number of nitrogens with two attached hydrogens (primary N) is 1. The Kier molecular flexibility index (Phi) is 5.56. The molecule has 0 amide bonds. The molecule has 0 heterocycles. The van der Waals surface area contributed by atoms with Gasteiger partial charge in [-0.15, -0.1) is 0 Å². The van der Waals surface area contributed by atoms with Gasteiger partial charge in [-0.3, -0.25) is 0 Å². The highest BCUT2D eigenvalue weighted by molar-refractivity contribution is 7.89. The minimum absolute atomic E-state index is 0.0880. The minimum atomic E-state index is -3.27. The summed E-state index contributed by atoms with van der Waals surface area (Å²) >= 11 is 0. The van der Waals surface area contributed by atoms with E-state index in [0.717, 1.165) is 19.0 Å². The third kappa shape index (κ3) is 6.87. The lowest BCUT2D eigenvalue weighted by Crippen LogP contribution is -2.27. The van der Waals surface area contributed by atoms with Gasteiger partial charge in [0, 0.05) is 0 Å². The maximum Gasteiger partial charge on any atom is 0.209 e. The van der Waals surface area contributed by atoms with Gasteiger partial charge in [-0.05, 0) is 38.3 Å². The summed E-state index contributed by atoms with van der Waals surface area (Å²) in [4.78, 5) is 0. The Morgan fingerprint density at radius 2 is 1.87 bits per heavy atom. The average Bonchev–Trinajstić information content (AvgIpc) is 2.17. The molecular weight excluding hydrogens is 212 g/mol. The van der Waals surface area contributed by atoms with Crippen molar-refractivity contribution in [2.24, 2.45) is 11.1 Å². The standard InChI is InChI=1S/C10H22N2O2S/c11-15(13,14)8-4-7-12-9-10-5-2-1-3-6-10/h10,12H,1-9H2,(H2,11,13,14). The molecule has 0 saturated heterocycles. The van der Waals surface area contributed by atoms with Gasteiger partial charge in [0.05, 0.1) is 5.75 Å². The first-order valence-electron chi connectivity index (χ1n) is 5.79. The monoisotopic (exact) mass is 234 g/mol. The molecule has 0 bridgehead atoms. The van der Waals surface area contributed by atoms with E-state index in [1.54, 1.807) is 0 Å². The van der Waals surface area contributed by atoms with Crippen molar-refractivity contribution >= 4 is 10.0 Å². The largest absolute Gasteiger partial charge is 0.316 e. The first-order valence-corrected chi connectivity index (χ1v) is 7.50. The normalized spacial score (nSPS) is 19.3. The van der Waals surface area contributed by atoms with E-state index in [1.165, 1.54) is 32.1 Å². The van der Waals surface area contributed by atoms with E-state index in [0.29, 0.717) is 6.42 Å². The minimum Gasteiger partial charge on any atom is -0.316 e. The van der Waals surface area contributed by atoms with Crippen molar-refractivity contribution in [3.05, 3.63) is 0 Å². The van der Waals surface area contributed by atoms with Gasteiger partial charge in [-0.2, -0.15) is 0 Å². The highest BCUT2D eigenvalue weighted by atomic mass is 32.2. The van der Waals surface area contributed by atoms with Crippen molar-refractivity contribution < 1.29 is 8.42 Å². The molecular formula is C10H22N2O2S. The first kappa shape index (κ1) is 12.9. The van der Waals surface area contributed by atoms with Crippen molar-refractivity contribution in [1.29, 1.82) is 0 Å². The molecule has 0 aliphatic heterocycles. The third-order valence-electron chi connectivity index (χ3n) is 2.94. The molecule has 0 aromatic rings. The highest BCUT2D eigenvalue weighted by Gasteiger charge is 2.12. The molecule has 1 aliphatic carbocycles. The number of sulfonamides is 1. The Hall–Kier alpha value is -0.130. The van der Waals surface area contributed by atoms with Crippen LogP contribution in [0, 0.1) is 5.92 Å². The van der Waals surface area contributed by atoms with Gasteiger partial charge in [0.15, 0.2) is 0 Å². The van der Waals surface area contributed by atoms with Gasteiger partial charge < -0.3 is 5.32 Å². The second-order valence-electron chi connectivity index (χ2n) is 4.43. The van der Waals surface area contributed by atoms with E-state index in [1.807, 2.05) is 0 Å². The van der Waals surface area contributed by atoms with Gasteiger partial charge in [-0.25, -0.2) is 13.6 Å². The molecule has 3 N–H and O–H groups in total. The van der Waals surface area contributed by atoms with Crippen LogP contribution >= 0.6 is 0 Å². The Balaban J connectivity index is 1.96. The van der Waals surface area contributed by atoms with Crippen LogP contribution in [-0.4, -0.2) is 27.3 Å². The van der Waals surface area contributed by atoms with Crippen LogP contribution in [0.1, 0.15) is 38.5 Å². The molecule has 90 valence electrons. The molecule has 0 aromatic heterocycles. The van der Waals surface area contributed by atoms with Crippen molar-refractivity contribution in [3.8, 4) is 0 Å². The van der Waals surface area contributed by atoms with E-state index in [2.05, 4.69) is 5.32 Å². The van der Waals surface area contributed by atoms with Crippen molar-refractivity contribution in [2.45, 2.75) is 38.5 Å². The van der Waals surface area contributed by atoms with E-state index in [4.69, 9.17) is 5.14 Å². The molecule has 0 unspecified atom stereocenters. The molecule has 5 heteroatoms. The number of hydrogen-bond donors (Lipinski definition) is 2. The predicted molar refractivity (Wildman–Crippen MR) is 62.0 cm³/mol. The molecule has 0 spiro atoms. The molecule has 1 rings (SSSR count). The lowest BCUT2D eigenvalue weighted by molar-refractivity contribution is 0.343. The molecule has 1 aliphatic rings. The lowest BCUT2D eigenvalue weighted by atomic mass is 9.89. The summed E-state index contributed by atoms with van der Waals surface area (Å²) in [6, 6.07) is 0. The molecule has 15 heavy (non-hydrogen) atoms. The van der Waals surface area contributed by atoms with Crippen molar-refractivity contribution in [1.82, 2.24) is 5.32 Å².